The second-order valence-corrected chi connectivity index (χ2v) is 6.33. The van der Waals surface area contributed by atoms with Crippen molar-refractivity contribution in [2.24, 2.45) is 0 Å². The summed E-state index contributed by atoms with van der Waals surface area (Å²) in [5.74, 6) is 0. The van der Waals surface area contributed by atoms with Gasteiger partial charge in [0, 0.05) is 12.1 Å². The maximum Gasteiger partial charge on any atom is 0.219 e. The fourth-order valence-electron chi connectivity index (χ4n) is 2.64. The molecule has 4 rings (SSSR count). The van der Waals surface area contributed by atoms with E-state index in [4.69, 9.17) is 9.68 Å². The van der Waals surface area contributed by atoms with Gasteiger partial charge >= 0.3 is 0 Å². The Morgan fingerprint density at radius 2 is 1.65 bits per heavy atom. The molecule has 134 valence electrons. The molecular formula is C17H19N7O2. The molecule has 26 heavy (non-hydrogen) atoms. The third-order valence-corrected chi connectivity index (χ3v) is 3.74. The molecule has 0 saturated heterocycles. The number of hydrogen-bond acceptors (Lipinski definition) is 7. The first kappa shape index (κ1) is 16.2. The van der Waals surface area contributed by atoms with E-state index < -0.39 is 0 Å². The van der Waals surface area contributed by atoms with Crippen molar-refractivity contribution in [3.63, 3.8) is 0 Å². The Morgan fingerprint density at radius 1 is 0.885 bits per heavy atom. The predicted octanol–water partition coefficient (Wildman–Crippen LogP) is 1.47. The zero-order valence-corrected chi connectivity index (χ0v) is 14.8. The van der Waals surface area contributed by atoms with E-state index in [1.807, 2.05) is 57.2 Å². The highest BCUT2D eigenvalue weighted by Crippen LogP contribution is 2.12. The van der Waals surface area contributed by atoms with Crippen molar-refractivity contribution in [3.05, 3.63) is 42.1 Å². The van der Waals surface area contributed by atoms with E-state index in [1.165, 1.54) is 9.69 Å². The Hall–Kier alpha value is -3.23. The van der Waals surface area contributed by atoms with Gasteiger partial charge in [-0.2, -0.15) is 0 Å². The van der Waals surface area contributed by atoms with Crippen LogP contribution in [0.4, 0.5) is 0 Å². The van der Waals surface area contributed by atoms with Gasteiger partial charge in [-0.25, -0.2) is 4.98 Å². The van der Waals surface area contributed by atoms with Crippen LogP contribution in [0.3, 0.4) is 0 Å². The summed E-state index contributed by atoms with van der Waals surface area (Å²) in [6, 6.07) is 11.4. The van der Waals surface area contributed by atoms with Gasteiger partial charge in [0.1, 0.15) is 28.8 Å². The molecule has 9 nitrogen and oxygen atoms in total. The number of fused-ring (bicyclic) bond motifs is 2. The molecule has 0 bridgehead atoms. The average molecular weight is 353 g/mol. The molecule has 0 radical (unpaired) electrons. The van der Waals surface area contributed by atoms with Crippen molar-refractivity contribution in [1.29, 1.82) is 0 Å². The lowest BCUT2D eigenvalue weighted by Gasteiger charge is -2.13. The highest BCUT2D eigenvalue weighted by molar-refractivity contribution is 5.73. The third kappa shape index (κ3) is 3.15. The van der Waals surface area contributed by atoms with E-state index in [1.54, 1.807) is 0 Å². The van der Waals surface area contributed by atoms with Crippen LogP contribution >= 0.6 is 0 Å². The summed E-state index contributed by atoms with van der Waals surface area (Å²) in [5.41, 5.74) is 3.75. The minimum absolute atomic E-state index is 0.0202. The van der Waals surface area contributed by atoms with Gasteiger partial charge in [-0.1, -0.05) is 21.8 Å². The van der Waals surface area contributed by atoms with Crippen molar-refractivity contribution >= 4 is 22.2 Å². The van der Waals surface area contributed by atoms with Crippen molar-refractivity contribution in [2.75, 3.05) is 0 Å². The lowest BCUT2D eigenvalue weighted by Crippen LogP contribution is -2.26. The summed E-state index contributed by atoms with van der Waals surface area (Å²) in [6.45, 7) is 5.81. The molecule has 1 unspecified atom stereocenters. The van der Waals surface area contributed by atoms with Crippen LogP contribution in [0.1, 0.15) is 26.5 Å². The average Bonchev–Trinajstić information content (AvgIpc) is 3.19. The summed E-state index contributed by atoms with van der Waals surface area (Å²) >= 11 is 0. The summed E-state index contributed by atoms with van der Waals surface area (Å²) in [7, 11) is 0. The Kier molecular flexibility index (Phi) is 4.11. The van der Waals surface area contributed by atoms with Gasteiger partial charge in [-0.05, 0) is 55.5 Å². The Bertz CT molecular complexity index is 1040. The summed E-state index contributed by atoms with van der Waals surface area (Å²) in [6.07, 6.45) is 0.422. The van der Waals surface area contributed by atoms with Gasteiger partial charge in [0.2, 0.25) is 5.65 Å². The molecule has 1 atom stereocenters. The van der Waals surface area contributed by atoms with Crippen molar-refractivity contribution in [3.8, 4) is 0 Å². The molecule has 0 spiro atoms. The van der Waals surface area contributed by atoms with Crippen LogP contribution in [0.2, 0.25) is 0 Å². The molecular weight excluding hydrogens is 334 g/mol. The number of para-hydroxylation sites is 1. The fourth-order valence-corrected chi connectivity index (χ4v) is 2.64. The van der Waals surface area contributed by atoms with Crippen molar-refractivity contribution in [1.82, 2.24) is 35.3 Å². The second kappa shape index (κ2) is 6.58. The fraction of sp³-hybridized carbons (Fsp3) is 0.353. The Balaban J connectivity index is 1.52. The maximum absolute atomic E-state index is 5.89. The van der Waals surface area contributed by atoms with Gasteiger partial charge in [-0.15, -0.1) is 10.2 Å². The van der Waals surface area contributed by atoms with E-state index in [0.717, 1.165) is 16.7 Å². The molecule has 3 heterocycles. The van der Waals surface area contributed by atoms with Crippen LogP contribution in [-0.2, 0) is 6.42 Å². The molecule has 9 heteroatoms. The minimum Gasteiger partial charge on any atom is -0.392 e. The SMILES string of the molecule is CC(C)On1nnc2ccc(CC(C)On3nnc4ccccc43)nc21. The molecule has 0 aliphatic carbocycles. The first-order chi connectivity index (χ1) is 12.6. The number of pyridine rings is 1. The lowest BCUT2D eigenvalue weighted by molar-refractivity contribution is 0.0297. The standard InChI is InChI=1S/C17H19N7O2/c1-11(2)25-24-17-15(20-22-24)9-8-13(18-17)10-12(3)26-23-16-7-5-4-6-14(16)19-21-23/h4-9,11-12H,10H2,1-3H3. The van der Waals surface area contributed by atoms with Crippen LogP contribution in [0, 0.1) is 0 Å². The van der Waals surface area contributed by atoms with Crippen LogP contribution < -0.4 is 9.68 Å². The van der Waals surface area contributed by atoms with Crippen LogP contribution in [0.25, 0.3) is 22.2 Å². The molecule has 0 amide bonds. The van der Waals surface area contributed by atoms with Crippen molar-refractivity contribution < 1.29 is 9.68 Å². The Labute approximate surface area is 149 Å². The summed E-state index contributed by atoms with van der Waals surface area (Å²) < 4.78 is 0. The zero-order valence-electron chi connectivity index (χ0n) is 14.8. The van der Waals surface area contributed by atoms with Gasteiger partial charge in [0.25, 0.3) is 0 Å². The van der Waals surface area contributed by atoms with Gasteiger partial charge in [-0.3, -0.25) is 0 Å². The lowest BCUT2D eigenvalue weighted by atomic mass is 10.2. The second-order valence-electron chi connectivity index (χ2n) is 6.33. The van der Waals surface area contributed by atoms with Gasteiger partial charge < -0.3 is 9.68 Å². The monoisotopic (exact) mass is 353 g/mol. The number of rotatable bonds is 6. The highest BCUT2D eigenvalue weighted by atomic mass is 16.7. The van der Waals surface area contributed by atoms with E-state index in [2.05, 4.69) is 25.6 Å². The number of aromatic nitrogens is 7. The normalized spacial score (nSPS) is 12.8. The first-order valence-electron chi connectivity index (χ1n) is 8.46. The summed E-state index contributed by atoms with van der Waals surface area (Å²) in [4.78, 5) is 18.9. The molecule has 0 aliphatic heterocycles. The van der Waals surface area contributed by atoms with E-state index >= 15 is 0 Å². The van der Waals surface area contributed by atoms with Gasteiger partial charge in [0.05, 0.1) is 0 Å². The predicted molar refractivity (Wildman–Crippen MR) is 94.3 cm³/mol. The zero-order chi connectivity index (χ0) is 18.1. The molecule has 4 aromatic rings. The molecule has 0 fully saturated rings. The molecule has 0 N–H and O–H groups in total. The van der Waals surface area contributed by atoms with E-state index in [9.17, 15) is 0 Å². The third-order valence-electron chi connectivity index (χ3n) is 3.74. The Morgan fingerprint density at radius 3 is 2.50 bits per heavy atom. The first-order valence-corrected chi connectivity index (χ1v) is 8.46. The number of benzene rings is 1. The van der Waals surface area contributed by atoms with Crippen LogP contribution in [0.15, 0.2) is 36.4 Å². The minimum atomic E-state index is -0.152. The van der Waals surface area contributed by atoms with Crippen LogP contribution in [0.5, 0.6) is 0 Å². The smallest absolute Gasteiger partial charge is 0.219 e. The maximum atomic E-state index is 5.89. The molecule has 3 aromatic heterocycles. The largest absolute Gasteiger partial charge is 0.392 e. The molecule has 1 aromatic carbocycles. The van der Waals surface area contributed by atoms with Crippen molar-refractivity contribution in [2.45, 2.75) is 39.4 Å². The van der Waals surface area contributed by atoms with Gasteiger partial charge in [0.15, 0.2) is 0 Å². The number of nitrogens with zero attached hydrogens (tertiary/aromatic N) is 7. The molecule has 0 saturated carbocycles. The molecule has 0 aliphatic rings. The highest BCUT2D eigenvalue weighted by Gasteiger charge is 2.14. The van der Waals surface area contributed by atoms with Crippen LogP contribution in [-0.4, -0.2) is 47.5 Å². The van der Waals surface area contributed by atoms with E-state index in [-0.39, 0.29) is 12.2 Å². The topological polar surface area (TPSA) is 92.8 Å². The van der Waals surface area contributed by atoms with E-state index in [0.29, 0.717) is 17.6 Å². The quantitative estimate of drug-likeness (QED) is 0.518. The summed E-state index contributed by atoms with van der Waals surface area (Å²) in [5, 5.41) is 16.2. The number of hydrogen-bond donors (Lipinski definition) is 0.